The molecular formula is C14H16F3N3O2. The van der Waals surface area contributed by atoms with Crippen LogP contribution in [0.5, 0.6) is 0 Å². The molecule has 0 unspecified atom stereocenters. The number of hydrogen-bond acceptors (Lipinski definition) is 3. The van der Waals surface area contributed by atoms with Gasteiger partial charge in [-0.2, -0.15) is 13.2 Å². The van der Waals surface area contributed by atoms with Crippen molar-refractivity contribution < 1.29 is 22.8 Å². The Bertz CT molecular complexity index is 587. The van der Waals surface area contributed by atoms with Gasteiger partial charge in [-0.25, -0.2) is 0 Å². The lowest BCUT2D eigenvalue weighted by Crippen LogP contribution is -2.50. The first-order chi connectivity index (χ1) is 10.3. The lowest BCUT2D eigenvalue weighted by Gasteiger charge is -2.26. The molecule has 0 aromatic heterocycles. The number of amides is 2. The first kappa shape index (κ1) is 16.3. The highest BCUT2D eigenvalue weighted by molar-refractivity contribution is 5.95. The van der Waals surface area contributed by atoms with Gasteiger partial charge in [0.15, 0.2) is 0 Å². The van der Waals surface area contributed by atoms with Gasteiger partial charge in [0.05, 0.1) is 24.3 Å². The molecule has 2 N–H and O–H groups in total. The van der Waals surface area contributed by atoms with Gasteiger partial charge < -0.3 is 15.5 Å². The lowest BCUT2D eigenvalue weighted by atomic mass is 10.1. The number of piperazine rings is 1. The van der Waals surface area contributed by atoms with E-state index in [9.17, 15) is 22.8 Å². The number of hydrogen-bond donors (Lipinski definition) is 2. The van der Waals surface area contributed by atoms with Crippen molar-refractivity contribution in [1.29, 1.82) is 0 Å². The van der Waals surface area contributed by atoms with Gasteiger partial charge in [-0.1, -0.05) is 6.07 Å². The molecule has 22 heavy (non-hydrogen) atoms. The summed E-state index contributed by atoms with van der Waals surface area (Å²) >= 11 is 0. The molecule has 0 aliphatic carbocycles. The van der Waals surface area contributed by atoms with Crippen molar-refractivity contribution in [3.63, 3.8) is 0 Å². The van der Waals surface area contributed by atoms with E-state index in [4.69, 9.17) is 0 Å². The zero-order valence-corrected chi connectivity index (χ0v) is 12.0. The van der Waals surface area contributed by atoms with Crippen LogP contribution in [0.3, 0.4) is 0 Å². The summed E-state index contributed by atoms with van der Waals surface area (Å²) < 4.78 is 38.8. The Morgan fingerprint density at radius 1 is 1.41 bits per heavy atom. The van der Waals surface area contributed by atoms with Crippen molar-refractivity contribution in [2.24, 2.45) is 0 Å². The van der Waals surface area contributed by atoms with Crippen LogP contribution in [0.2, 0.25) is 0 Å². The molecule has 1 aliphatic rings. The second-order valence-electron chi connectivity index (χ2n) is 5.09. The van der Waals surface area contributed by atoms with Crippen molar-refractivity contribution >= 4 is 17.5 Å². The van der Waals surface area contributed by atoms with E-state index in [1.165, 1.54) is 17.0 Å². The minimum atomic E-state index is -4.55. The molecule has 1 saturated heterocycles. The van der Waals surface area contributed by atoms with Gasteiger partial charge in [0.1, 0.15) is 0 Å². The fourth-order valence-corrected chi connectivity index (χ4v) is 2.18. The van der Waals surface area contributed by atoms with E-state index in [1.807, 2.05) is 0 Å². The average molecular weight is 315 g/mol. The summed E-state index contributed by atoms with van der Waals surface area (Å²) in [7, 11) is 0. The van der Waals surface area contributed by atoms with Crippen molar-refractivity contribution in [1.82, 2.24) is 10.2 Å². The first-order valence-electron chi connectivity index (χ1n) is 6.73. The standard InChI is InChI=1S/C14H16F3N3O2/c1-9-2-3-10(14(15,16)17)11(6-9)19-12(21)8-20-5-4-18-7-13(20)22/h2-3,6,18H,4-5,7-8H2,1H3,(H,19,21). The Kier molecular flexibility index (Phi) is 4.70. The number of carbonyl (C=O) groups excluding carboxylic acids is 2. The number of rotatable bonds is 3. The van der Waals surface area contributed by atoms with Crippen LogP contribution in [0.15, 0.2) is 18.2 Å². The summed E-state index contributed by atoms with van der Waals surface area (Å²) in [4.78, 5) is 24.8. The monoisotopic (exact) mass is 315 g/mol. The molecule has 2 rings (SSSR count). The Hall–Kier alpha value is -2.09. The molecule has 0 atom stereocenters. The molecule has 0 saturated carbocycles. The molecule has 1 aromatic rings. The lowest BCUT2D eigenvalue weighted by molar-refractivity contribution is -0.137. The minimum Gasteiger partial charge on any atom is -0.331 e. The highest BCUT2D eigenvalue weighted by Gasteiger charge is 2.34. The summed E-state index contributed by atoms with van der Waals surface area (Å²) in [5.41, 5.74) is -0.597. The van der Waals surface area contributed by atoms with Gasteiger partial charge >= 0.3 is 6.18 Å². The smallest absolute Gasteiger partial charge is 0.331 e. The first-order valence-corrected chi connectivity index (χ1v) is 6.73. The molecule has 8 heteroatoms. The number of alkyl halides is 3. The second kappa shape index (κ2) is 6.35. The Morgan fingerprint density at radius 3 is 2.77 bits per heavy atom. The maximum absolute atomic E-state index is 12.9. The third-order valence-electron chi connectivity index (χ3n) is 3.28. The molecule has 120 valence electrons. The molecule has 1 heterocycles. The topological polar surface area (TPSA) is 61.4 Å². The van der Waals surface area contributed by atoms with Gasteiger partial charge in [-0.05, 0) is 24.6 Å². The van der Waals surface area contributed by atoms with Crippen LogP contribution in [-0.2, 0) is 15.8 Å². The van der Waals surface area contributed by atoms with Crippen molar-refractivity contribution in [3.8, 4) is 0 Å². The predicted molar refractivity (Wildman–Crippen MR) is 74.3 cm³/mol. The van der Waals surface area contributed by atoms with E-state index in [1.54, 1.807) is 6.92 Å². The van der Waals surface area contributed by atoms with Crippen LogP contribution < -0.4 is 10.6 Å². The van der Waals surface area contributed by atoms with Crippen molar-refractivity contribution in [2.75, 3.05) is 31.5 Å². The van der Waals surface area contributed by atoms with E-state index < -0.39 is 17.6 Å². The number of aryl methyl sites for hydroxylation is 1. The van der Waals surface area contributed by atoms with Crippen molar-refractivity contribution in [2.45, 2.75) is 13.1 Å². The van der Waals surface area contributed by atoms with Crippen molar-refractivity contribution in [3.05, 3.63) is 29.3 Å². The molecule has 1 aliphatic heterocycles. The van der Waals surface area contributed by atoms with Gasteiger partial charge in [0.2, 0.25) is 11.8 Å². The molecule has 1 aromatic carbocycles. The Balaban J connectivity index is 2.11. The molecule has 0 spiro atoms. The van der Waals surface area contributed by atoms with E-state index in [0.717, 1.165) is 6.07 Å². The third kappa shape index (κ3) is 3.97. The fraction of sp³-hybridized carbons (Fsp3) is 0.429. The maximum atomic E-state index is 12.9. The number of benzene rings is 1. The summed E-state index contributed by atoms with van der Waals surface area (Å²) in [6.45, 7) is 2.41. The summed E-state index contributed by atoms with van der Waals surface area (Å²) in [5, 5.41) is 5.10. The van der Waals surface area contributed by atoms with Crippen LogP contribution in [-0.4, -0.2) is 42.9 Å². The molecular weight excluding hydrogens is 299 g/mol. The normalized spacial score (nSPS) is 15.8. The Morgan fingerprint density at radius 2 is 2.14 bits per heavy atom. The number of anilines is 1. The second-order valence-corrected chi connectivity index (χ2v) is 5.09. The van der Waals surface area contributed by atoms with E-state index in [0.29, 0.717) is 18.7 Å². The number of carbonyl (C=O) groups is 2. The molecule has 0 radical (unpaired) electrons. The van der Waals surface area contributed by atoms with E-state index in [2.05, 4.69) is 10.6 Å². The van der Waals surface area contributed by atoms with Crippen LogP contribution >= 0.6 is 0 Å². The quantitative estimate of drug-likeness (QED) is 0.886. The summed E-state index contributed by atoms with van der Waals surface area (Å²) in [5.74, 6) is -0.895. The van der Waals surface area contributed by atoms with Gasteiger partial charge in [0, 0.05) is 13.1 Å². The highest BCUT2D eigenvalue weighted by atomic mass is 19.4. The zero-order chi connectivity index (χ0) is 16.3. The molecule has 2 amide bonds. The third-order valence-corrected chi connectivity index (χ3v) is 3.28. The Labute approximate surface area is 125 Å². The number of nitrogens with one attached hydrogen (secondary N) is 2. The summed E-state index contributed by atoms with van der Waals surface area (Å²) in [6, 6.07) is 3.53. The van der Waals surface area contributed by atoms with Gasteiger partial charge in [-0.15, -0.1) is 0 Å². The predicted octanol–water partition coefficient (Wildman–Crippen LogP) is 1.38. The minimum absolute atomic E-state index is 0.130. The van der Waals surface area contributed by atoms with E-state index >= 15 is 0 Å². The van der Waals surface area contributed by atoms with Crippen LogP contribution in [0.4, 0.5) is 18.9 Å². The zero-order valence-electron chi connectivity index (χ0n) is 12.0. The SMILES string of the molecule is Cc1ccc(C(F)(F)F)c(NC(=O)CN2CCNCC2=O)c1. The largest absolute Gasteiger partial charge is 0.418 e. The van der Waals surface area contributed by atoms with Crippen LogP contribution in [0, 0.1) is 6.92 Å². The molecule has 1 fully saturated rings. The maximum Gasteiger partial charge on any atom is 0.418 e. The van der Waals surface area contributed by atoms with E-state index in [-0.39, 0.29) is 24.7 Å². The number of nitrogens with zero attached hydrogens (tertiary/aromatic N) is 1. The fourth-order valence-electron chi connectivity index (χ4n) is 2.18. The average Bonchev–Trinajstić information content (AvgIpc) is 2.40. The highest BCUT2D eigenvalue weighted by Crippen LogP contribution is 2.35. The summed E-state index contributed by atoms with van der Waals surface area (Å²) in [6.07, 6.45) is -4.55. The van der Waals surface area contributed by atoms with Crippen LogP contribution in [0.1, 0.15) is 11.1 Å². The van der Waals surface area contributed by atoms with Gasteiger partial charge in [-0.3, -0.25) is 9.59 Å². The molecule has 0 bridgehead atoms. The number of halogens is 3. The molecule has 5 nitrogen and oxygen atoms in total. The van der Waals surface area contributed by atoms with Gasteiger partial charge in [0.25, 0.3) is 0 Å². The van der Waals surface area contributed by atoms with Crippen LogP contribution in [0.25, 0.3) is 0 Å².